The van der Waals surface area contributed by atoms with E-state index in [1.165, 1.54) is 5.56 Å². The fourth-order valence-corrected chi connectivity index (χ4v) is 2.91. The number of hydrogen-bond acceptors (Lipinski definition) is 2. The molecular formula is C12H9Br2NS. The molecule has 0 saturated carbocycles. The topological polar surface area (TPSA) is 12.9 Å². The molecule has 0 amide bonds. The minimum absolute atomic E-state index is 0.933. The highest BCUT2D eigenvalue weighted by molar-refractivity contribution is 9.10. The Kier molecular flexibility index (Phi) is 4.44. The van der Waals surface area contributed by atoms with Crippen LogP contribution in [0.15, 0.2) is 56.6 Å². The number of aromatic nitrogens is 1. The van der Waals surface area contributed by atoms with E-state index in [2.05, 4.69) is 61.1 Å². The molecule has 0 unspecified atom stereocenters. The maximum absolute atomic E-state index is 4.32. The van der Waals surface area contributed by atoms with E-state index in [0.29, 0.717) is 0 Å². The van der Waals surface area contributed by atoms with Crippen LogP contribution in [0.1, 0.15) is 5.56 Å². The number of nitrogens with zero attached hydrogens (tertiary/aromatic N) is 1. The summed E-state index contributed by atoms with van der Waals surface area (Å²) in [5, 5.41) is 1.03. The number of benzene rings is 1. The Morgan fingerprint density at radius 2 is 1.81 bits per heavy atom. The third-order valence-electron chi connectivity index (χ3n) is 2.01. The molecule has 0 N–H and O–H groups in total. The van der Waals surface area contributed by atoms with Crippen LogP contribution in [0.25, 0.3) is 0 Å². The van der Waals surface area contributed by atoms with E-state index in [1.54, 1.807) is 11.8 Å². The maximum Gasteiger partial charge on any atom is 0.110 e. The molecule has 4 heteroatoms. The first-order chi connectivity index (χ1) is 7.75. The van der Waals surface area contributed by atoms with Crippen LogP contribution in [0.2, 0.25) is 0 Å². The van der Waals surface area contributed by atoms with Crippen molar-refractivity contribution in [2.75, 3.05) is 0 Å². The van der Waals surface area contributed by atoms with Gasteiger partial charge in [0.2, 0.25) is 0 Å². The zero-order valence-corrected chi connectivity index (χ0v) is 12.3. The van der Waals surface area contributed by atoms with Crippen LogP contribution in [-0.2, 0) is 5.75 Å². The molecule has 2 rings (SSSR count). The number of hydrogen-bond donors (Lipinski definition) is 0. The van der Waals surface area contributed by atoms with Gasteiger partial charge in [-0.05, 0) is 45.8 Å². The Morgan fingerprint density at radius 1 is 1.06 bits per heavy atom. The van der Waals surface area contributed by atoms with E-state index in [9.17, 15) is 0 Å². The molecule has 0 aliphatic rings. The molecule has 0 radical (unpaired) electrons. The van der Waals surface area contributed by atoms with Crippen LogP contribution in [0.5, 0.6) is 0 Å². The Labute approximate surface area is 116 Å². The van der Waals surface area contributed by atoms with E-state index in [1.807, 2.05) is 18.3 Å². The highest BCUT2D eigenvalue weighted by atomic mass is 79.9. The van der Waals surface area contributed by atoms with E-state index in [4.69, 9.17) is 0 Å². The zero-order valence-electron chi connectivity index (χ0n) is 8.36. The van der Waals surface area contributed by atoms with Crippen LogP contribution < -0.4 is 0 Å². The molecule has 16 heavy (non-hydrogen) atoms. The molecule has 1 nitrogen and oxygen atoms in total. The highest BCUT2D eigenvalue weighted by Gasteiger charge is 2.01. The number of pyridine rings is 1. The van der Waals surface area contributed by atoms with Gasteiger partial charge >= 0.3 is 0 Å². The Hall–Kier alpha value is -0.320. The molecule has 0 bridgehead atoms. The molecule has 0 saturated heterocycles. The van der Waals surface area contributed by atoms with Crippen molar-refractivity contribution in [1.82, 2.24) is 4.98 Å². The smallest absolute Gasteiger partial charge is 0.110 e. The predicted octanol–water partition coefficient (Wildman–Crippen LogP) is 4.90. The summed E-state index contributed by atoms with van der Waals surface area (Å²) in [4.78, 5) is 4.32. The first-order valence-corrected chi connectivity index (χ1v) is 7.30. The van der Waals surface area contributed by atoms with Gasteiger partial charge in [0.1, 0.15) is 5.03 Å². The van der Waals surface area contributed by atoms with Gasteiger partial charge < -0.3 is 0 Å². The Bertz CT molecular complexity index is 471. The van der Waals surface area contributed by atoms with Crippen LogP contribution >= 0.6 is 43.6 Å². The minimum atomic E-state index is 0.933. The van der Waals surface area contributed by atoms with Crippen molar-refractivity contribution in [2.45, 2.75) is 10.8 Å². The van der Waals surface area contributed by atoms with Crippen LogP contribution in [0.3, 0.4) is 0 Å². The quantitative estimate of drug-likeness (QED) is 0.724. The lowest BCUT2D eigenvalue weighted by Gasteiger charge is -2.03. The van der Waals surface area contributed by atoms with Crippen molar-refractivity contribution in [3.05, 3.63) is 57.1 Å². The first kappa shape index (κ1) is 12.1. The number of halogens is 2. The first-order valence-electron chi connectivity index (χ1n) is 4.73. The van der Waals surface area contributed by atoms with Crippen LogP contribution in [0, 0.1) is 0 Å². The second kappa shape index (κ2) is 5.84. The summed E-state index contributed by atoms with van der Waals surface area (Å²) in [6.45, 7) is 0. The van der Waals surface area contributed by atoms with Crippen molar-refractivity contribution in [3.8, 4) is 0 Å². The van der Waals surface area contributed by atoms with Crippen molar-refractivity contribution in [3.63, 3.8) is 0 Å². The molecule has 0 aliphatic carbocycles. The second-order valence-electron chi connectivity index (χ2n) is 3.21. The fourth-order valence-electron chi connectivity index (χ4n) is 1.21. The molecule has 0 atom stereocenters. The SMILES string of the molecule is Brc1ccc(CSc2ncccc2Br)cc1. The molecular weight excluding hydrogens is 350 g/mol. The highest BCUT2D eigenvalue weighted by Crippen LogP contribution is 2.27. The zero-order chi connectivity index (χ0) is 11.4. The number of thioether (sulfide) groups is 1. The van der Waals surface area contributed by atoms with E-state index < -0.39 is 0 Å². The van der Waals surface area contributed by atoms with Gasteiger partial charge in [0.15, 0.2) is 0 Å². The summed E-state index contributed by atoms with van der Waals surface area (Å²) in [5.74, 6) is 0.933. The summed E-state index contributed by atoms with van der Waals surface area (Å²) < 4.78 is 2.16. The summed E-state index contributed by atoms with van der Waals surface area (Å²) in [6.07, 6.45) is 1.81. The molecule has 1 aromatic heterocycles. The monoisotopic (exact) mass is 357 g/mol. The summed E-state index contributed by atoms with van der Waals surface area (Å²) in [7, 11) is 0. The van der Waals surface area contributed by atoms with Crippen LogP contribution in [0.4, 0.5) is 0 Å². The summed E-state index contributed by atoms with van der Waals surface area (Å²) >= 11 is 8.65. The lowest BCUT2D eigenvalue weighted by molar-refractivity contribution is 1.11. The lowest BCUT2D eigenvalue weighted by Crippen LogP contribution is -1.83. The van der Waals surface area contributed by atoms with Gasteiger partial charge in [-0.15, -0.1) is 11.8 Å². The average molecular weight is 359 g/mol. The van der Waals surface area contributed by atoms with Crippen molar-refractivity contribution in [2.24, 2.45) is 0 Å². The molecule has 1 heterocycles. The van der Waals surface area contributed by atoms with Gasteiger partial charge in [-0.3, -0.25) is 0 Å². The van der Waals surface area contributed by atoms with E-state index in [0.717, 1.165) is 19.7 Å². The Balaban J connectivity index is 2.02. The summed E-state index contributed by atoms with van der Waals surface area (Å²) in [6, 6.07) is 12.3. The molecule has 1 aromatic carbocycles. The molecule has 82 valence electrons. The number of rotatable bonds is 3. The van der Waals surface area contributed by atoms with Crippen molar-refractivity contribution in [1.29, 1.82) is 0 Å². The normalized spacial score (nSPS) is 10.4. The average Bonchev–Trinajstić information content (AvgIpc) is 2.30. The lowest BCUT2D eigenvalue weighted by atomic mass is 10.2. The summed E-state index contributed by atoms with van der Waals surface area (Å²) in [5.41, 5.74) is 1.30. The minimum Gasteiger partial charge on any atom is -0.249 e. The van der Waals surface area contributed by atoms with Gasteiger partial charge in [-0.25, -0.2) is 4.98 Å². The molecule has 0 spiro atoms. The van der Waals surface area contributed by atoms with E-state index >= 15 is 0 Å². The third-order valence-corrected chi connectivity index (χ3v) is 4.52. The van der Waals surface area contributed by atoms with Gasteiger partial charge in [0.25, 0.3) is 0 Å². The van der Waals surface area contributed by atoms with Gasteiger partial charge in [-0.2, -0.15) is 0 Å². The van der Waals surface area contributed by atoms with Gasteiger partial charge in [0.05, 0.1) is 0 Å². The van der Waals surface area contributed by atoms with Crippen molar-refractivity contribution >= 4 is 43.6 Å². The van der Waals surface area contributed by atoms with E-state index in [-0.39, 0.29) is 0 Å². The molecule has 0 aliphatic heterocycles. The molecule has 0 fully saturated rings. The predicted molar refractivity (Wildman–Crippen MR) is 75.6 cm³/mol. The molecule has 2 aromatic rings. The third kappa shape index (κ3) is 3.34. The standard InChI is InChI=1S/C12H9Br2NS/c13-10-5-3-9(4-6-10)8-16-12-11(14)2-1-7-15-12/h1-7H,8H2. The Morgan fingerprint density at radius 3 is 2.50 bits per heavy atom. The fraction of sp³-hybridized carbons (Fsp3) is 0.0833. The van der Waals surface area contributed by atoms with Gasteiger partial charge in [-0.1, -0.05) is 28.1 Å². The largest absolute Gasteiger partial charge is 0.249 e. The van der Waals surface area contributed by atoms with Crippen molar-refractivity contribution < 1.29 is 0 Å². The van der Waals surface area contributed by atoms with Crippen LogP contribution in [-0.4, -0.2) is 4.98 Å². The second-order valence-corrected chi connectivity index (χ2v) is 5.94. The van der Waals surface area contributed by atoms with Gasteiger partial charge in [0, 0.05) is 20.9 Å². The maximum atomic E-state index is 4.32.